The first kappa shape index (κ1) is 11.8. The minimum Gasteiger partial charge on any atom is -0.385 e. The minimum atomic E-state index is -0.532. The molecule has 0 aliphatic heterocycles. The molecule has 2 rings (SSSR count). The van der Waals surface area contributed by atoms with Gasteiger partial charge in [0.2, 0.25) is 0 Å². The van der Waals surface area contributed by atoms with Gasteiger partial charge in [-0.25, -0.2) is 0 Å². The predicted molar refractivity (Wildman–Crippen MR) is 67.5 cm³/mol. The molecule has 0 saturated carbocycles. The molecular formula is C13H17N3O. The van der Waals surface area contributed by atoms with Crippen LogP contribution in [-0.4, -0.2) is 28.5 Å². The smallest absolute Gasteiger partial charge is 0.108 e. The fourth-order valence-corrected chi connectivity index (χ4v) is 1.84. The molecular weight excluding hydrogens is 214 g/mol. The molecule has 2 aromatic rings. The van der Waals surface area contributed by atoms with Crippen molar-refractivity contribution in [2.45, 2.75) is 6.10 Å². The molecule has 1 heterocycles. The molecule has 4 heteroatoms. The zero-order chi connectivity index (χ0) is 12.3. The van der Waals surface area contributed by atoms with Crippen LogP contribution in [0, 0.1) is 0 Å². The molecule has 0 amide bonds. The van der Waals surface area contributed by atoms with Crippen molar-refractivity contribution in [2.24, 2.45) is 7.05 Å². The fourth-order valence-electron chi connectivity index (χ4n) is 1.84. The van der Waals surface area contributed by atoms with E-state index in [1.807, 2.05) is 50.5 Å². The maximum atomic E-state index is 9.94. The molecule has 90 valence electrons. The lowest BCUT2D eigenvalue weighted by atomic mass is 10.1. The Morgan fingerprint density at radius 2 is 2.06 bits per heavy atom. The van der Waals surface area contributed by atoms with E-state index in [1.54, 1.807) is 4.68 Å². The summed E-state index contributed by atoms with van der Waals surface area (Å²) >= 11 is 0. The molecule has 0 saturated heterocycles. The Balaban J connectivity index is 2.31. The monoisotopic (exact) mass is 231 g/mol. The molecule has 0 aliphatic rings. The molecule has 1 atom stereocenters. The van der Waals surface area contributed by atoms with E-state index in [9.17, 15) is 5.11 Å². The van der Waals surface area contributed by atoms with E-state index in [1.165, 1.54) is 0 Å². The van der Waals surface area contributed by atoms with Crippen LogP contribution in [0.5, 0.6) is 0 Å². The zero-order valence-electron chi connectivity index (χ0n) is 10.1. The number of aryl methyl sites for hydroxylation is 1. The summed E-state index contributed by atoms with van der Waals surface area (Å²) in [6.07, 6.45) is -0.532. The van der Waals surface area contributed by atoms with E-state index >= 15 is 0 Å². The summed E-state index contributed by atoms with van der Waals surface area (Å²) in [5.74, 6) is 0. The highest BCUT2D eigenvalue weighted by Crippen LogP contribution is 2.21. The summed E-state index contributed by atoms with van der Waals surface area (Å²) in [5, 5.41) is 17.3. The van der Waals surface area contributed by atoms with Gasteiger partial charge in [-0.15, -0.1) is 0 Å². The zero-order valence-corrected chi connectivity index (χ0v) is 10.1. The van der Waals surface area contributed by atoms with Gasteiger partial charge in [0.25, 0.3) is 0 Å². The number of likely N-dealkylation sites (N-methyl/N-ethyl adjacent to an activating group) is 1. The highest BCUT2D eigenvalue weighted by Gasteiger charge is 2.13. The van der Waals surface area contributed by atoms with E-state index < -0.39 is 6.10 Å². The quantitative estimate of drug-likeness (QED) is 0.835. The van der Waals surface area contributed by atoms with Crippen LogP contribution in [0.4, 0.5) is 0 Å². The average molecular weight is 231 g/mol. The molecule has 0 spiro atoms. The van der Waals surface area contributed by atoms with Gasteiger partial charge in [-0.3, -0.25) is 4.68 Å². The summed E-state index contributed by atoms with van der Waals surface area (Å²) in [6, 6.07) is 11.9. The number of nitrogens with zero attached hydrogens (tertiary/aromatic N) is 2. The number of hydrogen-bond donors (Lipinski definition) is 2. The van der Waals surface area contributed by atoms with E-state index in [4.69, 9.17) is 0 Å². The van der Waals surface area contributed by atoms with Crippen LogP contribution < -0.4 is 5.32 Å². The number of aliphatic hydroxyl groups excluding tert-OH is 1. The number of hydrogen-bond acceptors (Lipinski definition) is 3. The molecule has 1 aromatic heterocycles. The van der Waals surface area contributed by atoms with Crippen molar-refractivity contribution in [1.82, 2.24) is 15.1 Å². The minimum absolute atomic E-state index is 0.522. The van der Waals surface area contributed by atoms with Crippen LogP contribution in [0.2, 0.25) is 0 Å². The number of aliphatic hydroxyl groups is 1. The maximum absolute atomic E-state index is 9.94. The number of aromatic nitrogens is 2. The molecule has 4 nitrogen and oxygen atoms in total. The van der Waals surface area contributed by atoms with E-state index in [0.717, 1.165) is 17.0 Å². The van der Waals surface area contributed by atoms with Crippen LogP contribution >= 0.6 is 0 Å². The average Bonchev–Trinajstić information content (AvgIpc) is 2.73. The number of rotatable bonds is 4. The highest BCUT2D eigenvalue weighted by atomic mass is 16.3. The molecule has 17 heavy (non-hydrogen) atoms. The standard InChI is InChI=1S/C13H17N3O/c1-14-9-13(17)12-8-11(15-16(12)2)10-6-4-3-5-7-10/h3-8,13-14,17H,9H2,1-2H3. The largest absolute Gasteiger partial charge is 0.385 e. The van der Waals surface area contributed by atoms with E-state index in [2.05, 4.69) is 10.4 Å². The van der Waals surface area contributed by atoms with Crippen molar-refractivity contribution >= 4 is 0 Å². The SMILES string of the molecule is CNCC(O)c1cc(-c2ccccc2)nn1C. The van der Waals surface area contributed by atoms with Gasteiger partial charge < -0.3 is 10.4 Å². The van der Waals surface area contributed by atoms with Crippen LogP contribution in [0.15, 0.2) is 36.4 Å². The van der Waals surface area contributed by atoms with Crippen molar-refractivity contribution in [1.29, 1.82) is 0 Å². The predicted octanol–water partition coefficient (Wildman–Crippen LogP) is 1.34. The molecule has 1 unspecified atom stereocenters. The fraction of sp³-hybridized carbons (Fsp3) is 0.308. The summed E-state index contributed by atoms with van der Waals surface area (Å²) in [4.78, 5) is 0. The van der Waals surface area contributed by atoms with Crippen molar-refractivity contribution in [3.8, 4) is 11.3 Å². The van der Waals surface area contributed by atoms with Gasteiger partial charge >= 0.3 is 0 Å². The lowest BCUT2D eigenvalue weighted by molar-refractivity contribution is 0.168. The summed E-state index contributed by atoms with van der Waals surface area (Å²) in [7, 11) is 3.67. The van der Waals surface area contributed by atoms with Gasteiger partial charge in [-0.1, -0.05) is 30.3 Å². The van der Waals surface area contributed by atoms with Gasteiger partial charge in [0.05, 0.1) is 11.4 Å². The summed E-state index contributed by atoms with van der Waals surface area (Å²) in [6.45, 7) is 0.522. The van der Waals surface area contributed by atoms with Crippen LogP contribution in [0.3, 0.4) is 0 Å². The van der Waals surface area contributed by atoms with Crippen molar-refractivity contribution < 1.29 is 5.11 Å². The van der Waals surface area contributed by atoms with Crippen LogP contribution in [0.25, 0.3) is 11.3 Å². The Morgan fingerprint density at radius 1 is 1.35 bits per heavy atom. The van der Waals surface area contributed by atoms with Gasteiger partial charge in [-0.2, -0.15) is 5.10 Å². The Bertz CT molecular complexity index is 479. The van der Waals surface area contributed by atoms with Crippen molar-refractivity contribution in [3.63, 3.8) is 0 Å². The first-order chi connectivity index (χ1) is 8.22. The lowest BCUT2D eigenvalue weighted by Gasteiger charge is -2.09. The Labute approximate surface area is 101 Å². The molecule has 1 aromatic carbocycles. The first-order valence-electron chi connectivity index (χ1n) is 5.64. The molecule has 2 N–H and O–H groups in total. The van der Waals surface area contributed by atoms with Gasteiger partial charge in [0, 0.05) is 19.2 Å². The number of nitrogens with one attached hydrogen (secondary N) is 1. The highest BCUT2D eigenvalue weighted by molar-refractivity contribution is 5.59. The summed E-state index contributed by atoms with van der Waals surface area (Å²) < 4.78 is 1.73. The van der Waals surface area contributed by atoms with Crippen LogP contribution in [0.1, 0.15) is 11.8 Å². The molecule has 0 aliphatic carbocycles. The second-order valence-corrected chi connectivity index (χ2v) is 4.02. The van der Waals surface area contributed by atoms with Crippen molar-refractivity contribution in [2.75, 3.05) is 13.6 Å². The molecule has 0 bridgehead atoms. The topological polar surface area (TPSA) is 50.1 Å². The maximum Gasteiger partial charge on any atom is 0.108 e. The second kappa shape index (κ2) is 5.12. The lowest BCUT2D eigenvalue weighted by Crippen LogP contribution is -2.18. The number of benzene rings is 1. The Hall–Kier alpha value is -1.65. The Kier molecular flexibility index (Phi) is 3.56. The Morgan fingerprint density at radius 3 is 2.71 bits per heavy atom. The third-order valence-electron chi connectivity index (χ3n) is 2.72. The van der Waals surface area contributed by atoms with Crippen molar-refractivity contribution in [3.05, 3.63) is 42.1 Å². The van der Waals surface area contributed by atoms with E-state index in [-0.39, 0.29) is 0 Å². The normalized spacial score (nSPS) is 12.6. The van der Waals surface area contributed by atoms with E-state index in [0.29, 0.717) is 6.54 Å². The van der Waals surface area contributed by atoms with Gasteiger partial charge in [0.15, 0.2) is 0 Å². The molecule has 0 fully saturated rings. The van der Waals surface area contributed by atoms with Crippen LogP contribution in [-0.2, 0) is 7.05 Å². The molecule has 0 radical (unpaired) electrons. The third kappa shape index (κ3) is 2.54. The first-order valence-corrected chi connectivity index (χ1v) is 5.64. The van der Waals surface area contributed by atoms with Gasteiger partial charge in [0.1, 0.15) is 6.10 Å². The second-order valence-electron chi connectivity index (χ2n) is 4.02. The third-order valence-corrected chi connectivity index (χ3v) is 2.72. The van der Waals surface area contributed by atoms with Gasteiger partial charge in [-0.05, 0) is 13.1 Å². The summed E-state index contributed by atoms with van der Waals surface area (Å²) in [5.41, 5.74) is 2.77.